The fourth-order valence-corrected chi connectivity index (χ4v) is 19.0. The zero-order chi connectivity index (χ0) is 43.7. The van der Waals surface area contributed by atoms with Gasteiger partial charge in [0.15, 0.2) is 0 Å². The second-order valence-corrected chi connectivity index (χ2v) is 24.1. The van der Waals surface area contributed by atoms with Gasteiger partial charge < -0.3 is 30.6 Å². The standard InChI is InChI=1S/2C26H44O4/c2*1-5-17-21-14-16(27)10-12-26(21,4)20-11-13-25(3)18(15(2)6-9-22(28)29)7-8-19(25)23(20)24(17)30/h2*15-21,23-24,27,30H,5-14H2,1-4H3,(H,28,29)/t2*15?,16-,17-,18-,19+,20+,21+,23+,24-,25-,26-/m11/s1. The Morgan fingerprint density at radius 1 is 0.500 bits per heavy atom. The van der Waals surface area contributed by atoms with E-state index < -0.39 is 11.9 Å². The van der Waals surface area contributed by atoms with Gasteiger partial charge in [0.25, 0.3) is 0 Å². The van der Waals surface area contributed by atoms with Gasteiger partial charge in [0.1, 0.15) is 0 Å². The van der Waals surface area contributed by atoms with Crippen LogP contribution in [0.5, 0.6) is 0 Å². The van der Waals surface area contributed by atoms with E-state index in [9.17, 15) is 30.0 Å². The Morgan fingerprint density at radius 3 is 1.17 bits per heavy atom. The van der Waals surface area contributed by atoms with Gasteiger partial charge in [-0.2, -0.15) is 0 Å². The Hall–Kier alpha value is -1.22. The van der Waals surface area contributed by atoms with Crippen molar-refractivity contribution < 1.29 is 40.2 Å². The summed E-state index contributed by atoms with van der Waals surface area (Å²) in [5, 5.41) is 62.5. The lowest BCUT2D eigenvalue weighted by Gasteiger charge is -2.64. The molecule has 0 saturated heterocycles. The summed E-state index contributed by atoms with van der Waals surface area (Å²) < 4.78 is 0. The Labute approximate surface area is 363 Å². The summed E-state index contributed by atoms with van der Waals surface area (Å²) in [5.41, 5.74) is 0.960. The van der Waals surface area contributed by atoms with Crippen LogP contribution in [-0.2, 0) is 9.59 Å². The molecule has 8 nitrogen and oxygen atoms in total. The average molecular weight is 841 g/mol. The van der Waals surface area contributed by atoms with Crippen molar-refractivity contribution in [2.75, 3.05) is 0 Å². The highest BCUT2D eigenvalue weighted by molar-refractivity contribution is 5.66. The van der Waals surface area contributed by atoms with Gasteiger partial charge in [0.05, 0.1) is 24.4 Å². The highest BCUT2D eigenvalue weighted by Crippen LogP contribution is 2.71. The first-order chi connectivity index (χ1) is 28.3. The van der Waals surface area contributed by atoms with E-state index in [0.29, 0.717) is 82.9 Å². The van der Waals surface area contributed by atoms with E-state index in [2.05, 4.69) is 55.4 Å². The molecule has 8 aliphatic rings. The SMILES string of the molecule is CC[C@H]1[C@@H](O)[C@@H]2[C@H](CC[C@]3(C)[C@@H](C(C)CCC(=O)O)CC[C@@H]23)[C@@]2(C)CC[C@@H](O)C[C@@H]12.CC[C@H]1[C@@H](O)[C@@H]2[C@H](CC[C@]3(C)[C@@H](C(C)CCC(=O)O)CC[C@@H]23)[C@@]2(C)CC[C@@H](O)C[C@@H]12. The van der Waals surface area contributed by atoms with Crippen LogP contribution in [0.3, 0.4) is 0 Å². The lowest BCUT2D eigenvalue weighted by atomic mass is 9.41. The van der Waals surface area contributed by atoms with Crippen LogP contribution >= 0.6 is 0 Å². The van der Waals surface area contributed by atoms with Gasteiger partial charge in [-0.15, -0.1) is 0 Å². The van der Waals surface area contributed by atoms with Crippen molar-refractivity contribution in [2.24, 2.45) is 105 Å². The largest absolute Gasteiger partial charge is 0.481 e. The second-order valence-electron chi connectivity index (χ2n) is 24.1. The number of aliphatic hydroxyl groups is 4. The molecule has 0 aromatic carbocycles. The molecular weight excluding hydrogens is 753 g/mol. The number of carbonyl (C=O) groups is 2. The summed E-state index contributed by atoms with van der Waals surface area (Å²) in [5.74, 6) is 5.15. The molecule has 0 aliphatic heterocycles. The van der Waals surface area contributed by atoms with E-state index in [4.69, 9.17) is 10.2 Å². The molecule has 0 bridgehead atoms. The minimum absolute atomic E-state index is 0.194. The Morgan fingerprint density at radius 2 is 0.833 bits per heavy atom. The molecule has 60 heavy (non-hydrogen) atoms. The quantitative estimate of drug-likeness (QED) is 0.127. The Bertz CT molecular complexity index is 1410. The number of carboxylic acid groups (broad SMARTS) is 2. The van der Waals surface area contributed by atoms with Crippen LogP contribution < -0.4 is 0 Å². The minimum atomic E-state index is -0.683. The lowest BCUT2D eigenvalue weighted by molar-refractivity contribution is -0.203. The molecule has 8 heteroatoms. The lowest BCUT2D eigenvalue weighted by Crippen LogP contribution is -2.62. The van der Waals surface area contributed by atoms with E-state index in [-0.39, 0.29) is 58.9 Å². The van der Waals surface area contributed by atoms with E-state index in [1.165, 1.54) is 51.4 Å². The number of aliphatic hydroxyl groups excluding tert-OH is 4. The van der Waals surface area contributed by atoms with Crippen LogP contribution in [0.25, 0.3) is 0 Å². The normalized spacial score (nSPS) is 51.5. The maximum absolute atomic E-state index is 11.7. The first-order valence-electron chi connectivity index (χ1n) is 25.4. The summed E-state index contributed by atoms with van der Waals surface area (Å²) in [6.45, 7) is 18.9. The number of aliphatic carboxylic acids is 2. The molecule has 8 fully saturated rings. The molecule has 0 heterocycles. The summed E-state index contributed by atoms with van der Waals surface area (Å²) in [4.78, 5) is 22.2. The van der Waals surface area contributed by atoms with Gasteiger partial charge in [0.2, 0.25) is 0 Å². The summed E-state index contributed by atoms with van der Waals surface area (Å²) in [6, 6.07) is 0. The van der Waals surface area contributed by atoms with Crippen molar-refractivity contribution in [1.29, 1.82) is 0 Å². The summed E-state index contributed by atoms with van der Waals surface area (Å²) >= 11 is 0. The molecule has 0 amide bonds. The molecule has 8 aliphatic carbocycles. The van der Waals surface area contributed by atoms with Crippen LogP contribution in [0.2, 0.25) is 0 Å². The van der Waals surface area contributed by atoms with Crippen LogP contribution in [0, 0.1) is 105 Å². The number of hydrogen-bond acceptors (Lipinski definition) is 6. The van der Waals surface area contributed by atoms with Crippen molar-refractivity contribution >= 4 is 11.9 Å². The van der Waals surface area contributed by atoms with Crippen LogP contribution in [0.15, 0.2) is 0 Å². The number of carboxylic acids is 2. The van der Waals surface area contributed by atoms with Crippen molar-refractivity contribution in [2.45, 2.75) is 208 Å². The highest BCUT2D eigenvalue weighted by Gasteiger charge is 2.66. The molecule has 8 saturated carbocycles. The predicted molar refractivity (Wildman–Crippen MR) is 236 cm³/mol. The van der Waals surface area contributed by atoms with Gasteiger partial charge in [-0.3, -0.25) is 9.59 Å². The van der Waals surface area contributed by atoms with Crippen molar-refractivity contribution in [3.63, 3.8) is 0 Å². The van der Waals surface area contributed by atoms with Crippen LogP contribution in [0.1, 0.15) is 184 Å². The number of fused-ring (bicyclic) bond motifs is 10. The van der Waals surface area contributed by atoms with Gasteiger partial charge in [-0.25, -0.2) is 0 Å². The first-order valence-corrected chi connectivity index (χ1v) is 25.4. The Kier molecular flexibility index (Phi) is 13.7. The summed E-state index contributed by atoms with van der Waals surface area (Å²) in [6.07, 6.45) is 18.5. The average Bonchev–Trinajstić information content (AvgIpc) is 3.74. The molecule has 0 aromatic rings. The maximum atomic E-state index is 11.7. The second kappa shape index (κ2) is 17.6. The van der Waals surface area contributed by atoms with E-state index in [1.54, 1.807) is 0 Å². The fourth-order valence-electron chi connectivity index (χ4n) is 19.0. The third kappa shape index (κ3) is 7.77. The fraction of sp³-hybridized carbons (Fsp3) is 0.962. The molecule has 22 atom stereocenters. The maximum Gasteiger partial charge on any atom is 0.303 e. The summed E-state index contributed by atoms with van der Waals surface area (Å²) in [7, 11) is 0. The van der Waals surface area contributed by atoms with Gasteiger partial charge in [-0.1, -0.05) is 68.2 Å². The molecule has 344 valence electrons. The van der Waals surface area contributed by atoms with E-state index >= 15 is 0 Å². The third-order valence-corrected chi connectivity index (χ3v) is 21.9. The molecule has 6 N–H and O–H groups in total. The third-order valence-electron chi connectivity index (χ3n) is 21.9. The minimum Gasteiger partial charge on any atom is -0.481 e. The predicted octanol–water partition coefficient (Wildman–Crippen LogP) is 10.2. The Balaban J connectivity index is 0.000000181. The zero-order valence-electron chi connectivity index (χ0n) is 39.0. The molecule has 0 spiro atoms. The molecule has 0 radical (unpaired) electrons. The molecule has 8 rings (SSSR count). The number of hydrogen-bond donors (Lipinski definition) is 6. The van der Waals surface area contributed by atoms with Crippen molar-refractivity contribution in [3.8, 4) is 0 Å². The highest BCUT2D eigenvalue weighted by atomic mass is 16.4. The molecule has 2 unspecified atom stereocenters. The smallest absolute Gasteiger partial charge is 0.303 e. The van der Waals surface area contributed by atoms with Gasteiger partial charge in [0, 0.05) is 12.8 Å². The molecular formula is C52H88O8. The monoisotopic (exact) mass is 841 g/mol. The van der Waals surface area contributed by atoms with Crippen molar-refractivity contribution in [1.82, 2.24) is 0 Å². The van der Waals surface area contributed by atoms with Crippen molar-refractivity contribution in [3.05, 3.63) is 0 Å². The van der Waals surface area contributed by atoms with E-state index in [1.807, 2.05) is 0 Å². The van der Waals surface area contributed by atoms with Gasteiger partial charge in [-0.05, 0) is 207 Å². The van der Waals surface area contributed by atoms with Crippen LogP contribution in [-0.4, -0.2) is 67.0 Å². The first kappa shape index (κ1) is 46.8. The van der Waals surface area contributed by atoms with Crippen LogP contribution in [0.4, 0.5) is 0 Å². The zero-order valence-corrected chi connectivity index (χ0v) is 39.0. The molecule has 0 aromatic heterocycles. The van der Waals surface area contributed by atoms with E-state index in [0.717, 1.165) is 64.2 Å². The number of rotatable bonds is 10. The topological polar surface area (TPSA) is 156 Å². The van der Waals surface area contributed by atoms with Gasteiger partial charge >= 0.3 is 11.9 Å².